The molecular formula is C30H58N2O10P+. The quantitative estimate of drug-likeness (QED) is 0.0244. The average Bonchev–Trinajstić information content (AvgIpc) is 2.91. The van der Waals surface area contributed by atoms with Crippen molar-refractivity contribution in [2.75, 3.05) is 47.5 Å². The van der Waals surface area contributed by atoms with Gasteiger partial charge in [0.2, 0.25) is 0 Å². The smallest absolute Gasteiger partial charge is 0.462 e. The molecule has 13 heteroatoms. The largest absolute Gasteiger partial charge is 0.472 e. The lowest BCUT2D eigenvalue weighted by Crippen LogP contribution is -2.37. The van der Waals surface area contributed by atoms with Crippen LogP contribution in [0, 0.1) is 10.1 Å². The average molecular weight is 638 g/mol. The Balaban J connectivity index is 4.58. The van der Waals surface area contributed by atoms with E-state index in [1.807, 2.05) is 21.1 Å². The number of ether oxygens (including phenoxy) is 2. The number of hydrogen-bond acceptors (Lipinski definition) is 9. The number of hydrogen-bond donors (Lipinski definition) is 1. The first kappa shape index (κ1) is 41.1. The van der Waals surface area contributed by atoms with Crippen molar-refractivity contribution in [3.8, 4) is 0 Å². The van der Waals surface area contributed by atoms with E-state index in [2.05, 4.69) is 6.92 Å². The predicted molar refractivity (Wildman–Crippen MR) is 166 cm³/mol. The molecule has 1 N–H and O–H groups in total. The van der Waals surface area contributed by atoms with Gasteiger partial charge in [-0.1, -0.05) is 90.9 Å². The van der Waals surface area contributed by atoms with Crippen molar-refractivity contribution < 1.29 is 47.0 Å². The fourth-order valence-electron chi connectivity index (χ4n) is 4.13. The summed E-state index contributed by atoms with van der Waals surface area (Å²) in [5, 5.41) is 11.2. The third-order valence-electron chi connectivity index (χ3n) is 6.65. The Morgan fingerprint density at radius 1 is 0.860 bits per heavy atom. The van der Waals surface area contributed by atoms with Gasteiger partial charge < -0.3 is 18.9 Å². The summed E-state index contributed by atoms with van der Waals surface area (Å²) in [6.45, 7) is 3.29. The highest BCUT2D eigenvalue weighted by Crippen LogP contribution is 2.43. The maximum atomic E-state index is 12.4. The summed E-state index contributed by atoms with van der Waals surface area (Å²) in [5.41, 5.74) is -0.331. The summed E-state index contributed by atoms with van der Waals surface area (Å²) in [7, 11) is 1.19. The Hall–Kier alpha value is -1.85. The number of quaternary nitrogens is 1. The Morgan fingerprint density at radius 2 is 1.40 bits per heavy atom. The first-order chi connectivity index (χ1) is 20.3. The second kappa shape index (κ2) is 24.5. The van der Waals surface area contributed by atoms with Crippen LogP contribution in [0.1, 0.15) is 117 Å². The molecule has 2 atom stereocenters. The molecule has 0 saturated heterocycles. The van der Waals surface area contributed by atoms with Gasteiger partial charge in [0.15, 0.2) is 6.10 Å². The van der Waals surface area contributed by atoms with Crippen molar-refractivity contribution in [3.05, 3.63) is 21.9 Å². The predicted octanol–water partition coefficient (Wildman–Crippen LogP) is 6.72. The highest BCUT2D eigenvalue weighted by atomic mass is 31.2. The van der Waals surface area contributed by atoms with Crippen LogP contribution in [0.3, 0.4) is 0 Å². The van der Waals surface area contributed by atoms with Crippen molar-refractivity contribution >= 4 is 19.8 Å². The van der Waals surface area contributed by atoms with Crippen LogP contribution in [0.25, 0.3) is 0 Å². The molecule has 43 heavy (non-hydrogen) atoms. The molecule has 1 unspecified atom stereocenters. The van der Waals surface area contributed by atoms with Crippen molar-refractivity contribution in [1.29, 1.82) is 0 Å². The number of esters is 2. The molecule has 0 fully saturated rings. The summed E-state index contributed by atoms with van der Waals surface area (Å²) in [5.74, 6) is -1.44. The molecule has 0 aliphatic rings. The number of nitrogens with zero attached hydrogens (tertiary/aromatic N) is 2. The minimum absolute atomic E-state index is 0.0517. The van der Waals surface area contributed by atoms with E-state index in [4.69, 9.17) is 18.5 Å². The van der Waals surface area contributed by atoms with Gasteiger partial charge >= 0.3 is 19.8 Å². The van der Waals surface area contributed by atoms with Crippen LogP contribution in [0.2, 0.25) is 0 Å². The number of carbonyl (C=O) groups is 2. The first-order valence-electron chi connectivity index (χ1n) is 15.9. The van der Waals surface area contributed by atoms with Crippen LogP contribution in [-0.2, 0) is 32.7 Å². The number of allylic oxidation sites excluding steroid dienone is 1. The summed E-state index contributed by atoms with van der Waals surface area (Å²) >= 11 is 0. The van der Waals surface area contributed by atoms with Crippen molar-refractivity contribution in [2.45, 2.75) is 123 Å². The first-order valence-corrected chi connectivity index (χ1v) is 17.4. The topological polar surface area (TPSA) is 152 Å². The van der Waals surface area contributed by atoms with Crippen molar-refractivity contribution in [1.82, 2.24) is 0 Å². The Labute approximate surface area is 258 Å². The van der Waals surface area contributed by atoms with Gasteiger partial charge in [-0.25, -0.2) is 4.57 Å². The monoisotopic (exact) mass is 637 g/mol. The number of unbranched alkanes of at least 4 members (excludes halogenated alkanes) is 12. The van der Waals surface area contributed by atoms with Crippen molar-refractivity contribution in [2.24, 2.45) is 0 Å². The summed E-state index contributed by atoms with van der Waals surface area (Å²) in [6.07, 6.45) is 15.4. The standard InChI is InChI=1S/C30H57N2O10P/c1-6-8-9-10-11-12-13-14-15-16-17-18-19-21-29(33)39-25-28(42-30(34)24-27(20-7-2)31(35)36)26-41-43(37,38)40-23-22-32(3,4)5/h20,28H,6-19,21-26H2,1-5H3/p+1/b27-20+/t28-/m1/s1. The van der Waals surface area contributed by atoms with Crippen LogP contribution in [-0.4, -0.2) is 79.9 Å². The van der Waals surface area contributed by atoms with E-state index in [1.54, 1.807) is 6.92 Å². The number of carbonyl (C=O) groups excluding carboxylic acids is 2. The van der Waals surface area contributed by atoms with Crippen LogP contribution in [0.4, 0.5) is 0 Å². The lowest BCUT2D eigenvalue weighted by atomic mass is 10.0. The highest BCUT2D eigenvalue weighted by molar-refractivity contribution is 7.47. The van der Waals surface area contributed by atoms with E-state index >= 15 is 0 Å². The van der Waals surface area contributed by atoms with Gasteiger partial charge in [-0.05, 0) is 18.9 Å². The molecule has 0 spiro atoms. The Bertz CT molecular complexity index is 860. The van der Waals surface area contributed by atoms with Gasteiger partial charge in [0, 0.05) is 6.42 Å². The van der Waals surface area contributed by atoms with Gasteiger partial charge in [0.25, 0.3) is 5.70 Å². The van der Waals surface area contributed by atoms with E-state index in [9.17, 15) is 29.2 Å². The molecule has 0 radical (unpaired) electrons. The second-order valence-electron chi connectivity index (χ2n) is 11.9. The number of rotatable bonds is 28. The number of phosphoric ester groups is 1. The van der Waals surface area contributed by atoms with Gasteiger partial charge in [-0.15, -0.1) is 0 Å². The lowest BCUT2D eigenvalue weighted by molar-refractivity contribution is -0.870. The van der Waals surface area contributed by atoms with Crippen LogP contribution in [0.5, 0.6) is 0 Å². The number of likely N-dealkylation sites (N-methyl/N-ethyl adjacent to an activating group) is 1. The third-order valence-corrected chi connectivity index (χ3v) is 7.64. The molecule has 0 aliphatic heterocycles. The number of phosphoric acid groups is 1. The molecule has 0 saturated carbocycles. The molecule has 0 aromatic rings. The van der Waals surface area contributed by atoms with Gasteiger partial charge in [-0.3, -0.25) is 28.8 Å². The summed E-state index contributed by atoms with van der Waals surface area (Å²) in [4.78, 5) is 45.2. The normalized spacial score (nSPS) is 14.2. The van der Waals surface area contributed by atoms with Gasteiger partial charge in [-0.2, -0.15) is 0 Å². The molecule has 0 amide bonds. The fourth-order valence-corrected chi connectivity index (χ4v) is 4.87. The molecule has 0 heterocycles. The van der Waals surface area contributed by atoms with E-state index in [0.29, 0.717) is 23.9 Å². The Morgan fingerprint density at radius 3 is 1.88 bits per heavy atom. The van der Waals surface area contributed by atoms with E-state index < -0.39 is 50.4 Å². The second-order valence-corrected chi connectivity index (χ2v) is 13.4. The summed E-state index contributed by atoms with van der Waals surface area (Å²) in [6, 6.07) is 0. The van der Waals surface area contributed by atoms with Crippen LogP contribution >= 0.6 is 7.82 Å². The van der Waals surface area contributed by atoms with Crippen LogP contribution in [0.15, 0.2) is 11.8 Å². The maximum Gasteiger partial charge on any atom is 0.472 e. The van der Waals surface area contributed by atoms with Crippen LogP contribution < -0.4 is 0 Å². The highest BCUT2D eigenvalue weighted by Gasteiger charge is 2.28. The Kier molecular flexibility index (Phi) is 23.4. The lowest BCUT2D eigenvalue weighted by Gasteiger charge is -2.24. The van der Waals surface area contributed by atoms with E-state index in [1.165, 1.54) is 63.9 Å². The molecule has 0 aromatic carbocycles. The third kappa shape index (κ3) is 26.3. The fraction of sp³-hybridized carbons (Fsp3) is 0.867. The molecular weight excluding hydrogens is 579 g/mol. The zero-order chi connectivity index (χ0) is 32.6. The molecule has 0 rings (SSSR count). The minimum atomic E-state index is -4.48. The molecule has 0 aromatic heterocycles. The zero-order valence-electron chi connectivity index (χ0n) is 27.3. The van der Waals surface area contributed by atoms with E-state index in [0.717, 1.165) is 19.3 Å². The summed E-state index contributed by atoms with van der Waals surface area (Å²) < 4.78 is 33.2. The van der Waals surface area contributed by atoms with Gasteiger partial charge in [0.1, 0.15) is 26.2 Å². The van der Waals surface area contributed by atoms with Crippen molar-refractivity contribution in [3.63, 3.8) is 0 Å². The molecule has 252 valence electrons. The SMILES string of the molecule is CC/C=C(\CC(=O)O[C@H](COC(=O)CCCCCCCCCCCCCCC)COP(=O)(O)OCC[N+](C)(C)C)[N+](=O)[O-]. The minimum Gasteiger partial charge on any atom is -0.462 e. The zero-order valence-corrected chi connectivity index (χ0v) is 28.2. The maximum absolute atomic E-state index is 12.4. The number of nitro groups is 1. The van der Waals surface area contributed by atoms with E-state index in [-0.39, 0.29) is 18.7 Å². The van der Waals surface area contributed by atoms with Gasteiger partial charge in [0.05, 0.1) is 32.7 Å². The molecule has 12 nitrogen and oxygen atoms in total. The molecule has 0 bridgehead atoms. The molecule has 0 aliphatic carbocycles.